The molecule has 2 saturated heterocycles. The van der Waals surface area contributed by atoms with Crippen LogP contribution in [-0.4, -0.2) is 67.8 Å². The van der Waals surface area contributed by atoms with Gasteiger partial charge in [-0.2, -0.15) is 12.7 Å². The molecule has 0 bridgehead atoms. The number of likely N-dealkylation sites (N-methyl/N-ethyl adjacent to an activating group) is 1. The van der Waals surface area contributed by atoms with Crippen molar-refractivity contribution in [2.75, 3.05) is 38.1 Å². The van der Waals surface area contributed by atoms with Crippen LogP contribution in [0.2, 0.25) is 0 Å². The van der Waals surface area contributed by atoms with Crippen molar-refractivity contribution in [2.45, 2.75) is 12.1 Å². The van der Waals surface area contributed by atoms with E-state index in [0.717, 1.165) is 38.5 Å². The number of hydrogen-bond acceptors (Lipinski definition) is 6. The minimum absolute atomic E-state index is 0.269. The summed E-state index contributed by atoms with van der Waals surface area (Å²) in [4.78, 5) is 21.7. The zero-order valence-corrected chi connectivity index (χ0v) is 23.1. The van der Waals surface area contributed by atoms with Crippen LogP contribution < -0.4 is 4.90 Å². The first kappa shape index (κ1) is 26.0. The van der Waals surface area contributed by atoms with E-state index in [9.17, 15) is 17.6 Å². The largest absolute Gasteiger partial charge is 0.339 e. The van der Waals surface area contributed by atoms with Crippen LogP contribution in [-0.2, 0) is 19.3 Å². The first-order valence-electron chi connectivity index (χ1n) is 13.5. The van der Waals surface area contributed by atoms with Crippen LogP contribution in [0.15, 0.2) is 85.1 Å². The van der Waals surface area contributed by atoms with Crippen LogP contribution in [0.5, 0.6) is 0 Å². The van der Waals surface area contributed by atoms with E-state index in [1.165, 1.54) is 21.3 Å². The number of rotatable bonds is 5. The fourth-order valence-electron chi connectivity index (χ4n) is 5.92. The lowest BCUT2D eigenvalue weighted by Crippen LogP contribution is -2.62. The van der Waals surface area contributed by atoms with Gasteiger partial charge >= 0.3 is 10.3 Å². The third-order valence-corrected chi connectivity index (χ3v) is 9.56. The normalized spacial score (nSPS) is 20.6. The van der Waals surface area contributed by atoms with Gasteiger partial charge in [-0.15, -0.1) is 0 Å². The maximum atomic E-state index is 13.9. The van der Waals surface area contributed by atoms with E-state index < -0.39 is 34.2 Å². The summed E-state index contributed by atoms with van der Waals surface area (Å²) in [6.45, 7) is 1.66. The first-order valence-corrected chi connectivity index (χ1v) is 14.8. The van der Waals surface area contributed by atoms with Gasteiger partial charge in [0.15, 0.2) is 6.10 Å². The molecule has 0 aliphatic carbocycles. The Balaban J connectivity index is 1.37. The summed E-state index contributed by atoms with van der Waals surface area (Å²) in [5.74, 6) is -1.03. The molecule has 3 heterocycles. The third-order valence-electron chi connectivity index (χ3n) is 8.11. The number of carbonyl (C=O) groups excluding carboxylic acids is 1. The lowest BCUT2D eigenvalue weighted by atomic mass is 9.90. The molecule has 4 aromatic carbocycles. The van der Waals surface area contributed by atoms with E-state index in [0.29, 0.717) is 24.5 Å². The van der Waals surface area contributed by atoms with Crippen LogP contribution in [0.3, 0.4) is 0 Å². The van der Waals surface area contributed by atoms with Crippen molar-refractivity contribution in [3.05, 3.63) is 96.6 Å². The minimum Gasteiger partial charge on any atom is -0.304 e. The quantitative estimate of drug-likeness (QED) is 0.226. The number of β-lactam (4-membered cyclic amide) rings is 1. The van der Waals surface area contributed by atoms with E-state index >= 15 is 0 Å². The second kappa shape index (κ2) is 9.85. The Morgan fingerprint density at radius 1 is 0.829 bits per heavy atom. The second-order valence-electron chi connectivity index (χ2n) is 10.6. The monoisotopic (exact) mass is 570 g/mol. The van der Waals surface area contributed by atoms with Crippen LogP contribution in [0.25, 0.3) is 32.3 Å². The Morgan fingerprint density at radius 2 is 1.51 bits per heavy atom. The molecule has 1 amide bonds. The van der Waals surface area contributed by atoms with Crippen LogP contribution in [0.4, 0.5) is 10.1 Å². The maximum Gasteiger partial charge on any atom is 0.339 e. The molecule has 0 saturated carbocycles. The van der Waals surface area contributed by atoms with Gasteiger partial charge in [-0.1, -0.05) is 60.7 Å². The molecule has 10 heteroatoms. The Hall–Kier alpha value is -3.96. The van der Waals surface area contributed by atoms with Gasteiger partial charge in [-0.25, -0.2) is 8.57 Å². The summed E-state index contributed by atoms with van der Waals surface area (Å²) in [6.07, 6.45) is -0.270. The van der Waals surface area contributed by atoms with Gasteiger partial charge in [0.2, 0.25) is 0 Å². The number of fused-ring (bicyclic) bond motifs is 5. The van der Waals surface area contributed by atoms with Gasteiger partial charge < -0.3 is 4.90 Å². The molecule has 2 fully saturated rings. The van der Waals surface area contributed by atoms with E-state index in [4.69, 9.17) is 4.18 Å². The number of halogens is 1. The average molecular weight is 571 g/mol. The van der Waals surface area contributed by atoms with Crippen LogP contribution in [0, 0.1) is 5.82 Å². The zero-order chi connectivity index (χ0) is 28.3. The number of piperazine rings is 1. The summed E-state index contributed by atoms with van der Waals surface area (Å²) >= 11 is 0. The van der Waals surface area contributed by atoms with Crippen LogP contribution >= 0.6 is 0 Å². The highest BCUT2D eigenvalue weighted by Crippen LogP contribution is 2.46. The number of nitrogens with zero attached hydrogens (tertiary/aromatic N) is 4. The highest BCUT2D eigenvalue weighted by molar-refractivity contribution is 7.84. The summed E-state index contributed by atoms with van der Waals surface area (Å²) in [5.41, 5.74) is 0.953. The fraction of sp³-hybridized carbons (Fsp3) is 0.226. The molecule has 41 heavy (non-hydrogen) atoms. The van der Waals surface area contributed by atoms with Gasteiger partial charge in [0.05, 0.1) is 17.6 Å². The molecular formula is C31H27FN4O4S. The highest BCUT2D eigenvalue weighted by Gasteiger charge is 2.54. The predicted octanol–water partition coefficient (Wildman–Crippen LogP) is 4.65. The summed E-state index contributed by atoms with van der Waals surface area (Å²) < 4.78 is 47.3. The van der Waals surface area contributed by atoms with Crippen molar-refractivity contribution >= 4 is 54.2 Å². The van der Waals surface area contributed by atoms with Crippen molar-refractivity contribution < 1.29 is 21.8 Å². The number of carbonyl (C=O) groups is 1. The van der Waals surface area contributed by atoms with Gasteiger partial charge in [0.1, 0.15) is 11.9 Å². The number of amides is 1. The zero-order valence-electron chi connectivity index (χ0n) is 22.3. The average Bonchev–Trinajstić information content (AvgIpc) is 2.99. The third kappa shape index (κ3) is 4.34. The van der Waals surface area contributed by atoms with Gasteiger partial charge in [0, 0.05) is 31.6 Å². The molecule has 8 nitrogen and oxygen atoms in total. The Labute approximate surface area is 236 Å². The van der Waals surface area contributed by atoms with Crippen molar-refractivity contribution in [3.8, 4) is 0 Å². The topological polar surface area (TPSA) is 83.1 Å². The second-order valence-corrected chi connectivity index (χ2v) is 12.1. The van der Waals surface area contributed by atoms with Gasteiger partial charge in [0.25, 0.3) is 5.91 Å². The molecule has 0 spiro atoms. The maximum absolute atomic E-state index is 13.9. The number of aromatic nitrogens is 1. The molecule has 2 aliphatic heterocycles. The van der Waals surface area contributed by atoms with Gasteiger partial charge in [-0.3, -0.25) is 14.7 Å². The Morgan fingerprint density at radius 3 is 2.24 bits per heavy atom. The Bertz CT molecular complexity index is 1920. The van der Waals surface area contributed by atoms with E-state index in [1.807, 2.05) is 66.5 Å². The fourth-order valence-corrected chi connectivity index (χ4v) is 7.10. The molecule has 1 aromatic heterocycles. The van der Waals surface area contributed by atoms with Gasteiger partial charge in [-0.05, 0) is 52.2 Å². The molecule has 0 radical (unpaired) electrons. The Kier molecular flexibility index (Phi) is 6.24. The van der Waals surface area contributed by atoms with Crippen molar-refractivity contribution in [3.63, 3.8) is 0 Å². The number of hydrogen-bond donors (Lipinski definition) is 0. The van der Waals surface area contributed by atoms with Crippen molar-refractivity contribution in [2.24, 2.45) is 0 Å². The standard InChI is InChI=1S/C31H27FN4O4S/c1-34-14-16-35(17-15-34)41(38,39)40-30-29(27-13-11-21(32)19-33-27)36(31(30)37)28-18-26-22-7-3-2-6-20(22)10-12-24(26)23-8-4-5-9-25(23)28/h2-13,18-19,29-30H,14-17H2,1H3/t29-,30-/m1/s1. The number of benzene rings is 4. The summed E-state index contributed by atoms with van der Waals surface area (Å²) in [5, 5.41) is 5.89. The first-order chi connectivity index (χ1) is 19.8. The number of pyridine rings is 1. The smallest absolute Gasteiger partial charge is 0.304 e. The molecule has 2 aliphatic rings. The molecular weight excluding hydrogens is 543 g/mol. The minimum atomic E-state index is -4.20. The molecule has 2 atom stereocenters. The van der Waals surface area contributed by atoms with E-state index in [2.05, 4.69) is 17.1 Å². The summed E-state index contributed by atoms with van der Waals surface area (Å²) in [7, 11) is -2.28. The van der Waals surface area contributed by atoms with E-state index in [1.54, 1.807) is 0 Å². The lowest BCUT2D eigenvalue weighted by Gasteiger charge is -2.46. The lowest BCUT2D eigenvalue weighted by molar-refractivity contribution is -0.135. The SMILES string of the molecule is CN1CCN(S(=O)(=O)O[C@H]2C(=O)N(c3cc4c5ccccc5ccc4c4ccccc34)[C@@H]2c2ccc(F)cn2)CC1. The van der Waals surface area contributed by atoms with Crippen LogP contribution in [0.1, 0.15) is 11.7 Å². The molecule has 5 aromatic rings. The van der Waals surface area contributed by atoms with Crippen molar-refractivity contribution in [1.82, 2.24) is 14.2 Å². The molecule has 208 valence electrons. The predicted molar refractivity (Wildman–Crippen MR) is 156 cm³/mol. The van der Waals surface area contributed by atoms with Crippen molar-refractivity contribution in [1.29, 1.82) is 0 Å². The molecule has 0 N–H and O–H groups in total. The molecule has 7 rings (SSSR count). The number of anilines is 1. The molecule has 0 unspecified atom stereocenters. The van der Waals surface area contributed by atoms with E-state index in [-0.39, 0.29) is 13.1 Å². The summed E-state index contributed by atoms with van der Waals surface area (Å²) in [6, 6.07) is 23.8. The highest BCUT2D eigenvalue weighted by atomic mass is 32.2.